The van der Waals surface area contributed by atoms with Crippen LogP contribution in [-0.2, 0) is 4.74 Å². The van der Waals surface area contributed by atoms with Crippen LogP contribution < -0.4 is 9.64 Å². The Hall–Kier alpha value is -2.81. The minimum absolute atomic E-state index is 0.253. The van der Waals surface area contributed by atoms with Gasteiger partial charge in [0.15, 0.2) is 5.65 Å². The summed E-state index contributed by atoms with van der Waals surface area (Å²) in [5.41, 5.74) is 1.66. The van der Waals surface area contributed by atoms with Crippen LogP contribution in [0.15, 0.2) is 30.7 Å². The third-order valence-electron chi connectivity index (χ3n) is 5.40. The third-order valence-corrected chi connectivity index (χ3v) is 5.40. The first-order chi connectivity index (χ1) is 13.3. The molecule has 0 bridgehead atoms. The first-order valence-electron chi connectivity index (χ1n) is 9.22. The lowest BCUT2D eigenvalue weighted by Gasteiger charge is -2.20. The summed E-state index contributed by atoms with van der Waals surface area (Å²) in [6, 6.07) is 6.25. The van der Waals surface area contributed by atoms with Crippen LogP contribution in [0, 0.1) is 18.8 Å². The molecule has 3 aromatic rings. The lowest BCUT2D eigenvalue weighted by Crippen LogP contribution is -2.26. The summed E-state index contributed by atoms with van der Waals surface area (Å²) in [4.78, 5) is 10.7. The van der Waals surface area contributed by atoms with Gasteiger partial charge in [-0.25, -0.2) is 9.97 Å². The van der Waals surface area contributed by atoms with E-state index in [2.05, 4.69) is 30.2 Å². The molecule has 5 heterocycles. The minimum Gasteiger partial charge on any atom is -0.463 e. The molecule has 0 aliphatic carbocycles. The van der Waals surface area contributed by atoms with Crippen molar-refractivity contribution < 1.29 is 9.47 Å². The van der Waals surface area contributed by atoms with Crippen molar-refractivity contribution in [1.82, 2.24) is 29.8 Å². The van der Waals surface area contributed by atoms with Crippen LogP contribution >= 0.6 is 0 Å². The molecule has 27 heavy (non-hydrogen) atoms. The second-order valence-electron chi connectivity index (χ2n) is 7.14. The van der Waals surface area contributed by atoms with Crippen LogP contribution in [0.25, 0.3) is 5.65 Å². The molecule has 140 valence electrons. The Morgan fingerprint density at radius 2 is 2.22 bits per heavy atom. The van der Waals surface area contributed by atoms with Gasteiger partial charge in [-0.3, -0.25) is 0 Å². The molecule has 3 atom stereocenters. The second kappa shape index (κ2) is 6.73. The number of aromatic nitrogens is 6. The van der Waals surface area contributed by atoms with E-state index in [4.69, 9.17) is 9.47 Å². The Bertz CT molecular complexity index is 946. The van der Waals surface area contributed by atoms with Gasteiger partial charge in [-0.15, -0.1) is 15.3 Å². The van der Waals surface area contributed by atoms with E-state index in [9.17, 15) is 0 Å². The number of fused-ring (bicyclic) bond motifs is 2. The lowest BCUT2D eigenvalue weighted by atomic mass is 9.91. The number of hydrogen-bond acceptors (Lipinski definition) is 8. The average Bonchev–Trinajstić information content (AvgIpc) is 3.37. The highest BCUT2D eigenvalue weighted by Crippen LogP contribution is 2.36. The molecule has 2 fully saturated rings. The summed E-state index contributed by atoms with van der Waals surface area (Å²) < 4.78 is 13.5. The van der Waals surface area contributed by atoms with Gasteiger partial charge < -0.3 is 14.4 Å². The van der Waals surface area contributed by atoms with Crippen LogP contribution in [0.1, 0.15) is 12.1 Å². The predicted octanol–water partition coefficient (Wildman–Crippen LogP) is 1.14. The molecule has 5 rings (SSSR count). The molecule has 9 heteroatoms. The molecule has 9 nitrogen and oxygen atoms in total. The van der Waals surface area contributed by atoms with Crippen molar-refractivity contribution in [2.75, 3.05) is 31.2 Å². The van der Waals surface area contributed by atoms with Gasteiger partial charge in [-0.2, -0.15) is 4.52 Å². The first-order valence-corrected chi connectivity index (χ1v) is 9.22. The summed E-state index contributed by atoms with van der Waals surface area (Å²) in [5.74, 6) is 1.90. The summed E-state index contributed by atoms with van der Waals surface area (Å²) >= 11 is 0. The van der Waals surface area contributed by atoms with Gasteiger partial charge >= 0.3 is 6.01 Å². The topological polar surface area (TPSA) is 90.6 Å². The van der Waals surface area contributed by atoms with Crippen LogP contribution in [0.3, 0.4) is 0 Å². The Balaban J connectivity index is 1.20. The molecule has 3 aromatic heterocycles. The van der Waals surface area contributed by atoms with Crippen molar-refractivity contribution in [2.24, 2.45) is 11.8 Å². The molecule has 2 aliphatic rings. The fourth-order valence-corrected chi connectivity index (χ4v) is 3.97. The lowest BCUT2D eigenvalue weighted by molar-refractivity contribution is 0.110. The number of ether oxygens (including phenoxy) is 2. The van der Waals surface area contributed by atoms with Crippen molar-refractivity contribution in [2.45, 2.75) is 19.4 Å². The predicted molar refractivity (Wildman–Crippen MR) is 96.6 cm³/mol. The van der Waals surface area contributed by atoms with E-state index in [0.29, 0.717) is 24.5 Å². The highest BCUT2D eigenvalue weighted by Gasteiger charge is 2.44. The SMILES string of the molecule is Cc1ccnc(OCC[C@H]2CO[C@H]3CN(c4ccc5nncn5n4)C[C@@H]23)n1. The maximum atomic E-state index is 6.05. The first kappa shape index (κ1) is 16.4. The van der Waals surface area contributed by atoms with Crippen LogP contribution in [0.5, 0.6) is 6.01 Å². The van der Waals surface area contributed by atoms with Crippen LogP contribution in [-0.4, -0.2) is 62.2 Å². The smallest absolute Gasteiger partial charge is 0.316 e. The van der Waals surface area contributed by atoms with Crippen molar-refractivity contribution in [1.29, 1.82) is 0 Å². The number of nitrogens with zero attached hydrogens (tertiary/aromatic N) is 7. The van der Waals surface area contributed by atoms with E-state index in [1.807, 2.05) is 25.1 Å². The zero-order valence-corrected chi connectivity index (χ0v) is 15.1. The summed E-state index contributed by atoms with van der Waals surface area (Å²) in [6.07, 6.45) is 4.54. The Labute approximate surface area is 156 Å². The summed E-state index contributed by atoms with van der Waals surface area (Å²) in [7, 11) is 0. The van der Waals surface area contributed by atoms with Gasteiger partial charge in [-0.05, 0) is 37.5 Å². The second-order valence-corrected chi connectivity index (χ2v) is 7.14. The molecule has 0 unspecified atom stereocenters. The van der Waals surface area contributed by atoms with E-state index in [0.717, 1.165) is 43.3 Å². The van der Waals surface area contributed by atoms with Gasteiger partial charge in [0.2, 0.25) is 0 Å². The number of rotatable bonds is 5. The maximum Gasteiger partial charge on any atom is 0.316 e. The normalized spacial score (nSPS) is 24.5. The van der Waals surface area contributed by atoms with Gasteiger partial charge in [0.1, 0.15) is 12.1 Å². The number of anilines is 1. The Morgan fingerprint density at radius 1 is 1.26 bits per heavy atom. The Kier molecular flexibility index (Phi) is 4.08. The molecule has 0 aromatic carbocycles. The molecule has 2 aliphatic heterocycles. The zero-order chi connectivity index (χ0) is 18.2. The monoisotopic (exact) mass is 367 g/mol. The van der Waals surface area contributed by atoms with Gasteiger partial charge in [0, 0.05) is 30.9 Å². The Morgan fingerprint density at radius 3 is 3.15 bits per heavy atom. The van der Waals surface area contributed by atoms with Gasteiger partial charge in [0.05, 0.1) is 19.3 Å². The van der Waals surface area contributed by atoms with E-state index >= 15 is 0 Å². The van der Waals surface area contributed by atoms with E-state index < -0.39 is 0 Å². The average molecular weight is 367 g/mol. The largest absolute Gasteiger partial charge is 0.463 e. The standard InChI is InChI=1S/C18H21N7O2/c1-12-4-6-19-18(21-12)26-7-5-13-10-27-15-9-24(8-14(13)15)17-3-2-16-22-20-11-25(16)23-17/h2-4,6,11,13-15H,5,7-10H2,1H3/t13-,14-,15-/m0/s1. The van der Waals surface area contributed by atoms with Crippen molar-refractivity contribution >= 4 is 11.5 Å². The van der Waals surface area contributed by atoms with E-state index in [1.165, 1.54) is 0 Å². The quantitative estimate of drug-likeness (QED) is 0.663. The van der Waals surface area contributed by atoms with Crippen molar-refractivity contribution in [3.63, 3.8) is 0 Å². The summed E-state index contributed by atoms with van der Waals surface area (Å²) in [5, 5.41) is 12.5. The molecular weight excluding hydrogens is 346 g/mol. The highest BCUT2D eigenvalue weighted by molar-refractivity contribution is 5.46. The minimum atomic E-state index is 0.253. The van der Waals surface area contributed by atoms with Crippen LogP contribution in [0.2, 0.25) is 0 Å². The molecule has 0 saturated carbocycles. The number of aryl methyl sites for hydroxylation is 1. The maximum absolute atomic E-state index is 6.05. The van der Waals surface area contributed by atoms with Crippen molar-refractivity contribution in [3.8, 4) is 6.01 Å². The van der Waals surface area contributed by atoms with Crippen molar-refractivity contribution in [3.05, 3.63) is 36.4 Å². The molecule has 2 saturated heterocycles. The summed E-state index contributed by atoms with van der Waals surface area (Å²) in [6.45, 7) is 5.13. The zero-order valence-electron chi connectivity index (χ0n) is 15.1. The highest BCUT2D eigenvalue weighted by atomic mass is 16.5. The van der Waals surface area contributed by atoms with Crippen LogP contribution in [0.4, 0.5) is 5.82 Å². The number of hydrogen-bond donors (Lipinski definition) is 0. The molecular formula is C18H21N7O2. The third kappa shape index (κ3) is 3.18. The fourth-order valence-electron chi connectivity index (χ4n) is 3.97. The van der Waals surface area contributed by atoms with E-state index in [-0.39, 0.29) is 6.10 Å². The molecule has 0 amide bonds. The van der Waals surface area contributed by atoms with Gasteiger partial charge in [0.25, 0.3) is 0 Å². The molecule has 0 spiro atoms. The fraction of sp³-hybridized carbons (Fsp3) is 0.500. The van der Waals surface area contributed by atoms with Gasteiger partial charge in [-0.1, -0.05) is 0 Å². The molecule has 0 N–H and O–H groups in total. The van der Waals surface area contributed by atoms with E-state index in [1.54, 1.807) is 17.0 Å². The molecule has 0 radical (unpaired) electrons.